The summed E-state index contributed by atoms with van der Waals surface area (Å²) < 4.78 is 35.6. The maximum absolute atomic E-state index is 14.4. The van der Waals surface area contributed by atoms with E-state index >= 15 is 0 Å². The Balaban J connectivity index is 1.21. The van der Waals surface area contributed by atoms with E-state index in [1.807, 2.05) is 6.07 Å². The van der Waals surface area contributed by atoms with Gasteiger partial charge in [-0.15, -0.1) is 0 Å². The van der Waals surface area contributed by atoms with E-state index in [1.165, 1.54) is 10.9 Å². The van der Waals surface area contributed by atoms with Crippen molar-refractivity contribution in [3.63, 3.8) is 0 Å². The molecule has 5 N–H and O–H groups in total. The van der Waals surface area contributed by atoms with E-state index < -0.39 is 41.1 Å². The summed E-state index contributed by atoms with van der Waals surface area (Å²) in [5.74, 6) is -3.95. The second kappa shape index (κ2) is 12.8. The third-order valence-electron chi connectivity index (χ3n) is 8.81. The van der Waals surface area contributed by atoms with Crippen molar-refractivity contribution in [3.05, 3.63) is 82.4 Å². The number of nitrogen functional groups attached to an aromatic ring is 1. The zero-order valence-corrected chi connectivity index (χ0v) is 24.9. The van der Waals surface area contributed by atoms with E-state index in [0.717, 1.165) is 5.56 Å². The standard InChI is InChI=1S/C32H37F2N5O6/c1-20(37-30(42)43)21-7-9-23(10-8-21)45-27-26(35)29(41)39(19-36-27)18-31(44)13-15-38(16-14-31)28(40)24-11-12-32(33,34)17-25(24)22-5-3-2-4-6-22/h2-10,19-20,24-25,37,44H,11-18,35H2,1H3,(H,42,43)/t20?,24-,25+/m1/s1. The van der Waals surface area contributed by atoms with Crippen molar-refractivity contribution in [2.24, 2.45) is 5.92 Å². The molecule has 3 atom stereocenters. The van der Waals surface area contributed by atoms with Gasteiger partial charge in [0.1, 0.15) is 12.1 Å². The number of amides is 2. The molecule has 1 saturated carbocycles. The highest BCUT2D eigenvalue weighted by Crippen LogP contribution is 2.46. The summed E-state index contributed by atoms with van der Waals surface area (Å²) in [7, 11) is 0. The van der Waals surface area contributed by atoms with Crippen LogP contribution in [0.3, 0.4) is 0 Å². The van der Waals surface area contributed by atoms with E-state index in [0.29, 0.717) is 11.3 Å². The monoisotopic (exact) mass is 625 g/mol. The van der Waals surface area contributed by atoms with Gasteiger partial charge in [0, 0.05) is 37.8 Å². The molecule has 1 aromatic heterocycles. The number of hydrogen-bond acceptors (Lipinski definition) is 7. The largest absolute Gasteiger partial charge is 0.465 e. The third kappa shape index (κ3) is 7.42. The van der Waals surface area contributed by atoms with Crippen molar-refractivity contribution in [2.45, 2.75) is 69.1 Å². The zero-order chi connectivity index (χ0) is 32.4. The van der Waals surface area contributed by atoms with Crippen LogP contribution in [-0.2, 0) is 11.3 Å². The first-order valence-electron chi connectivity index (χ1n) is 14.9. The predicted octanol–water partition coefficient (Wildman–Crippen LogP) is 4.52. The molecule has 1 aliphatic carbocycles. The summed E-state index contributed by atoms with van der Waals surface area (Å²) in [5.41, 5.74) is 5.32. The van der Waals surface area contributed by atoms with Crippen LogP contribution in [0, 0.1) is 5.92 Å². The predicted molar refractivity (Wildman–Crippen MR) is 161 cm³/mol. The summed E-state index contributed by atoms with van der Waals surface area (Å²) in [4.78, 5) is 43.3. The van der Waals surface area contributed by atoms with Crippen molar-refractivity contribution in [3.8, 4) is 11.6 Å². The number of ether oxygens (including phenoxy) is 1. The molecule has 45 heavy (non-hydrogen) atoms. The molecule has 2 amide bonds. The Morgan fingerprint density at radius 1 is 1.11 bits per heavy atom. The second-order valence-corrected chi connectivity index (χ2v) is 12.0. The summed E-state index contributed by atoms with van der Waals surface area (Å²) in [6.07, 6.45) is -0.161. The number of piperidine rings is 1. The van der Waals surface area contributed by atoms with Crippen LogP contribution in [0.25, 0.3) is 0 Å². The fourth-order valence-corrected chi connectivity index (χ4v) is 6.22. The van der Waals surface area contributed by atoms with Gasteiger partial charge in [0.2, 0.25) is 17.7 Å². The third-order valence-corrected chi connectivity index (χ3v) is 8.81. The van der Waals surface area contributed by atoms with Gasteiger partial charge < -0.3 is 30.9 Å². The quantitative estimate of drug-likeness (QED) is 0.284. The first kappa shape index (κ1) is 31.9. The molecule has 11 nitrogen and oxygen atoms in total. The van der Waals surface area contributed by atoms with Crippen molar-refractivity contribution < 1.29 is 33.3 Å². The van der Waals surface area contributed by atoms with Crippen LogP contribution in [0.1, 0.15) is 62.1 Å². The molecule has 2 aliphatic rings. The Morgan fingerprint density at radius 2 is 1.78 bits per heavy atom. The molecule has 2 fully saturated rings. The molecule has 0 spiro atoms. The van der Waals surface area contributed by atoms with Crippen LogP contribution in [0.4, 0.5) is 19.3 Å². The molecule has 240 valence electrons. The fraction of sp³-hybridized carbons (Fsp3) is 0.438. The molecule has 1 saturated heterocycles. The SMILES string of the molecule is CC(NC(=O)O)c1ccc(Oc2ncn(CC3(O)CCN(C(=O)[C@@H]4CCC(F)(F)C[C@H]4c4ccccc4)CC3)c(=O)c2N)cc1. The first-order valence-corrected chi connectivity index (χ1v) is 14.9. The Morgan fingerprint density at radius 3 is 2.42 bits per heavy atom. The lowest BCUT2D eigenvalue weighted by Crippen LogP contribution is -2.52. The van der Waals surface area contributed by atoms with Crippen LogP contribution in [0.2, 0.25) is 0 Å². The number of nitrogens with zero attached hydrogens (tertiary/aromatic N) is 3. The highest BCUT2D eigenvalue weighted by molar-refractivity contribution is 5.80. The lowest BCUT2D eigenvalue weighted by atomic mass is 9.73. The number of likely N-dealkylation sites (tertiary alicyclic amines) is 1. The van der Waals surface area contributed by atoms with Gasteiger partial charge >= 0.3 is 6.09 Å². The van der Waals surface area contributed by atoms with Gasteiger partial charge in [-0.25, -0.2) is 18.6 Å². The minimum absolute atomic E-state index is 0.0894. The van der Waals surface area contributed by atoms with E-state index in [-0.39, 0.29) is 69.2 Å². The number of carboxylic acid groups (broad SMARTS) is 1. The fourth-order valence-electron chi connectivity index (χ4n) is 6.22. The van der Waals surface area contributed by atoms with Gasteiger partial charge in [-0.2, -0.15) is 0 Å². The number of nitrogens with one attached hydrogen (secondary N) is 1. The zero-order valence-electron chi connectivity index (χ0n) is 24.9. The average molecular weight is 626 g/mol. The van der Waals surface area contributed by atoms with Gasteiger partial charge in [-0.1, -0.05) is 42.5 Å². The summed E-state index contributed by atoms with van der Waals surface area (Å²) >= 11 is 0. The topological polar surface area (TPSA) is 160 Å². The van der Waals surface area contributed by atoms with Crippen LogP contribution >= 0.6 is 0 Å². The van der Waals surface area contributed by atoms with E-state index in [2.05, 4.69) is 10.3 Å². The van der Waals surface area contributed by atoms with E-state index in [9.17, 15) is 28.3 Å². The molecule has 0 bridgehead atoms. The van der Waals surface area contributed by atoms with Gasteiger partial charge in [-0.3, -0.25) is 14.2 Å². The Labute approximate surface area is 258 Å². The maximum Gasteiger partial charge on any atom is 0.405 e. The number of hydrogen-bond donors (Lipinski definition) is 4. The number of rotatable bonds is 8. The van der Waals surface area contributed by atoms with Crippen molar-refractivity contribution >= 4 is 17.7 Å². The Hall–Kier alpha value is -4.52. The van der Waals surface area contributed by atoms with Gasteiger partial charge in [0.15, 0.2) is 5.69 Å². The smallest absolute Gasteiger partial charge is 0.405 e. The number of anilines is 1. The number of aliphatic hydroxyl groups is 1. The first-order chi connectivity index (χ1) is 21.3. The Bertz CT molecular complexity index is 1580. The molecule has 1 aliphatic heterocycles. The minimum Gasteiger partial charge on any atom is -0.465 e. The average Bonchev–Trinajstić information content (AvgIpc) is 3.01. The van der Waals surface area contributed by atoms with Crippen LogP contribution < -0.4 is 21.3 Å². The summed E-state index contributed by atoms with van der Waals surface area (Å²) in [5, 5.41) is 22.6. The highest BCUT2D eigenvalue weighted by Gasteiger charge is 2.46. The number of benzene rings is 2. The second-order valence-electron chi connectivity index (χ2n) is 12.0. The van der Waals surface area contributed by atoms with Crippen LogP contribution in [0.5, 0.6) is 11.6 Å². The molecular weight excluding hydrogens is 588 g/mol. The maximum atomic E-state index is 14.4. The highest BCUT2D eigenvalue weighted by atomic mass is 19.3. The minimum atomic E-state index is -2.83. The van der Waals surface area contributed by atoms with Gasteiger partial charge in [0.25, 0.3) is 5.56 Å². The molecule has 13 heteroatoms. The molecule has 0 radical (unpaired) electrons. The number of carbonyl (C=O) groups is 2. The van der Waals surface area contributed by atoms with E-state index in [1.54, 1.807) is 60.4 Å². The van der Waals surface area contributed by atoms with Crippen LogP contribution in [-0.4, -0.2) is 61.3 Å². The molecule has 2 heterocycles. The van der Waals surface area contributed by atoms with Crippen molar-refractivity contribution in [1.82, 2.24) is 19.8 Å². The lowest BCUT2D eigenvalue weighted by Gasteiger charge is -2.42. The number of nitrogens with two attached hydrogens (primary N) is 1. The van der Waals surface area contributed by atoms with Gasteiger partial charge in [-0.05, 0) is 49.4 Å². The summed E-state index contributed by atoms with van der Waals surface area (Å²) in [6.45, 7) is 2.04. The Kier molecular flexibility index (Phi) is 9.10. The van der Waals surface area contributed by atoms with E-state index in [4.69, 9.17) is 15.6 Å². The molecule has 3 aromatic rings. The lowest BCUT2D eigenvalue weighted by molar-refractivity contribution is -0.145. The van der Waals surface area contributed by atoms with Gasteiger partial charge in [0.05, 0.1) is 18.2 Å². The number of carbonyl (C=O) groups excluding carboxylic acids is 1. The normalized spacial score (nSPS) is 21.5. The summed E-state index contributed by atoms with van der Waals surface area (Å²) in [6, 6.07) is 15.1. The molecule has 2 aromatic carbocycles. The van der Waals surface area contributed by atoms with Crippen molar-refractivity contribution in [1.29, 1.82) is 0 Å². The molecular formula is C32H37F2N5O6. The number of halogens is 2. The molecule has 5 rings (SSSR count). The number of alkyl halides is 2. The van der Waals surface area contributed by atoms with Crippen molar-refractivity contribution in [2.75, 3.05) is 18.8 Å². The molecule has 1 unspecified atom stereocenters. The van der Waals surface area contributed by atoms with Crippen LogP contribution in [0.15, 0.2) is 65.7 Å². The number of aromatic nitrogens is 2.